The molecular weight excluding hydrogens is 476 g/mol. The lowest BCUT2D eigenvalue weighted by molar-refractivity contribution is -0.129. The number of hydrogen-bond donors (Lipinski definition) is 1. The standard InChI is InChI=1S/C27H28F4N2O3/c1-35-22-3-2-15(7-19(22)14-36-26-24(30)20(28)8-21(29)25(26)31)13-32-33-23(34)12-27-9-16-4-17(10-27)6-18(5-16)11-27/h2-3,7-8,13,16-18H,4-6,9-12,14H2,1H3,(H,33,34)/b32-13+. The van der Waals surface area contributed by atoms with Gasteiger partial charge in [-0.1, -0.05) is 0 Å². The number of carbonyl (C=O) groups excluding carboxylic acids is 1. The number of rotatable bonds is 8. The van der Waals surface area contributed by atoms with Gasteiger partial charge in [-0.2, -0.15) is 13.9 Å². The highest BCUT2D eigenvalue weighted by Crippen LogP contribution is 2.61. The molecule has 4 bridgehead atoms. The summed E-state index contributed by atoms with van der Waals surface area (Å²) >= 11 is 0. The summed E-state index contributed by atoms with van der Waals surface area (Å²) in [4.78, 5) is 12.7. The fourth-order valence-corrected chi connectivity index (χ4v) is 6.88. The molecule has 6 rings (SSSR count). The van der Waals surface area contributed by atoms with E-state index in [0.717, 1.165) is 37.0 Å². The van der Waals surface area contributed by atoms with Gasteiger partial charge in [-0.15, -0.1) is 0 Å². The molecule has 0 spiro atoms. The van der Waals surface area contributed by atoms with Gasteiger partial charge < -0.3 is 9.47 Å². The van der Waals surface area contributed by atoms with E-state index in [4.69, 9.17) is 9.47 Å². The molecule has 5 nitrogen and oxygen atoms in total. The number of methoxy groups -OCH3 is 1. The number of hydrazone groups is 1. The first-order valence-electron chi connectivity index (χ1n) is 12.2. The molecule has 36 heavy (non-hydrogen) atoms. The summed E-state index contributed by atoms with van der Waals surface area (Å²) in [5, 5.41) is 4.08. The number of hydrogen-bond acceptors (Lipinski definition) is 4. The molecule has 2 aromatic rings. The Kier molecular flexibility index (Phi) is 6.66. The molecule has 4 aliphatic rings. The molecule has 0 unspecified atom stereocenters. The Bertz CT molecular complexity index is 1140. The van der Waals surface area contributed by atoms with E-state index in [-0.39, 0.29) is 17.4 Å². The summed E-state index contributed by atoms with van der Waals surface area (Å²) < 4.78 is 65.1. The summed E-state index contributed by atoms with van der Waals surface area (Å²) in [5.74, 6) is -4.97. The molecule has 4 aliphatic carbocycles. The zero-order chi connectivity index (χ0) is 25.4. The average Bonchev–Trinajstić information content (AvgIpc) is 2.82. The molecule has 2 aromatic carbocycles. The zero-order valence-corrected chi connectivity index (χ0v) is 20.0. The summed E-state index contributed by atoms with van der Waals surface area (Å²) in [7, 11) is 1.40. The minimum atomic E-state index is -1.62. The van der Waals surface area contributed by atoms with Gasteiger partial charge in [-0.25, -0.2) is 14.2 Å². The SMILES string of the molecule is COc1ccc(/C=N/NC(=O)CC23CC4CC(CC(C4)C2)C3)cc1COc1c(F)c(F)cc(F)c1F. The van der Waals surface area contributed by atoms with E-state index >= 15 is 0 Å². The number of carbonyl (C=O) groups is 1. The van der Waals surface area contributed by atoms with Crippen LogP contribution in [0, 0.1) is 46.4 Å². The lowest BCUT2D eigenvalue weighted by atomic mass is 9.49. The van der Waals surface area contributed by atoms with Crippen molar-refractivity contribution >= 4 is 12.1 Å². The Labute approximate surface area is 206 Å². The highest BCUT2D eigenvalue weighted by Gasteiger charge is 2.51. The third kappa shape index (κ3) is 4.92. The predicted octanol–water partition coefficient (Wildman–Crippen LogP) is 5.89. The van der Waals surface area contributed by atoms with Crippen LogP contribution in [0.2, 0.25) is 0 Å². The molecule has 0 radical (unpaired) electrons. The summed E-state index contributed by atoms with van der Waals surface area (Å²) in [6.45, 7) is -0.417. The van der Waals surface area contributed by atoms with Crippen LogP contribution in [-0.2, 0) is 11.4 Å². The van der Waals surface area contributed by atoms with E-state index < -0.39 is 35.6 Å². The Morgan fingerprint density at radius 1 is 1.03 bits per heavy atom. The Morgan fingerprint density at radius 3 is 2.22 bits per heavy atom. The van der Waals surface area contributed by atoms with Gasteiger partial charge in [0.15, 0.2) is 17.4 Å². The molecular formula is C27H28F4N2O3. The minimum absolute atomic E-state index is 0.107. The van der Waals surface area contributed by atoms with Crippen LogP contribution in [-0.4, -0.2) is 19.2 Å². The summed E-state index contributed by atoms with van der Waals surface area (Å²) in [6.07, 6.45) is 9.28. The van der Waals surface area contributed by atoms with Crippen molar-refractivity contribution in [1.29, 1.82) is 0 Å². The first-order chi connectivity index (χ1) is 17.2. The van der Waals surface area contributed by atoms with E-state index in [9.17, 15) is 22.4 Å². The lowest BCUT2D eigenvalue weighted by Gasteiger charge is -2.56. The topological polar surface area (TPSA) is 59.9 Å². The molecule has 9 heteroatoms. The molecule has 0 saturated heterocycles. The zero-order valence-electron chi connectivity index (χ0n) is 20.0. The Hall–Kier alpha value is -3.10. The van der Waals surface area contributed by atoms with Crippen LogP contribution >= 0.6 is 0 Å². The summed E-state index contributed by atoms with van der Waals surface area (Å²) in [5.41, 5.74) is 3.67. The van der Waals surface area contributed by atoms with Crippen molar-refractivity contribution in [3.8, 4) is 11.5 Å². The third-order valence-corrected chi connectivity index (χ3v) is 7.85. The van der Waals surface area contributed by atoms with E-state index in [2.05, 4.69) is 10.5 Å². The second-order valence-corrected chi connectivity index (χ2v) is 10.5. The lowest BCUT2D eigenvalue weighted by Crippen LogP contribution is -2.47. The van der Waals surface area contributed by atoms with Crippen LogP contribution in [0.5, 0.6) is 11.5 Å². The van der Waals surface area contributed by atoms with Gasteiger partial charge in [0.05, 0.1) is 13.3 Å². The van der Waals surface area contributed by atoms with Gasteiger partial charge >= 0.3 is 0 Å². The van der Waals surface area contributed by atoms with Crippen LogP contribution in [0.25, 0.3) is 0 Å². The van der Waals surface area contributed by atoms with E-state index in [1.54, 1.807) is 18.2 Å². The van der Waals surface area contributed by atoms with Crippen molar-refractivity contribution in [3.05, 3.63) is 58.7 Å². The first-order valence-corrected chi connectivity index (χ1v) is 12.2. The maximum absolute atomic E-state index is 13.9. The quantitative estimate of drug-likeness (QED) is 0.211. The van der Waals surface area contributed by atoms with Gasteiger partial charge in [-0.05, 0) is 85.5 Å². The fourth-order valence-electron chi connectivity index (χ4n) is 6.88. The molecule has 192 valence electrons. The molecule has 0 atom stereocenters. The van der Waals surface area contributed by atoms with Gasteiger partial charge in [0.1, 0.15) is 12.4 Å². The van der Waals surface area contributed by atoms with Crippen molar-refractivity contribution < 1.29 is 31.8 Å². The van der Waals surface area contributed by atoms with Crippen LogP contribution in [0.3, 0.4) is 0 Å². The maximum Gasteiger partial charge on any atom is 0.240 e. The van der Waals surface area contributed by atoms with Gasteiger partial charge in [0, 0.05) is 18.1 Å². The van der Waals surface area contributed by atoms with Crippen molar-refractivity contribution in [2.24, 2.45) is 28.3 Å². The number of benzene rings is 2. The van der Waals surface area contributed by atoms with Crippen LogP contribution in [0.4, 0.5) is 17.6 Å². The number of nitrogens with one attached hydrogen (secondary N) is 1. The van der Waals surface area contributed by atoms with E-state index in [0.29, 0.717) is 23.3 Å². The minimum Gasteiger partial charge on any atom is -0.496 e. The van der Waals surface area contributed by atoms with Crippen LogP contribution in [0.1, 0.15) is 56.1 Å². The highest BCUT2D eigenvalue weighted by atomic mass is 19.2. The molecule has 0 aromatic heterocycles. The average molecular weight is 505 g/mol. The Balaban J connectivity index is 1.22. The fraction of sp³-hybridized carbons (Fsp3) is 0.481. The molecule has 1 amide bonds. The smallest absolute Gasteiger partial charge is 0.240 e. The van der Waals surface area contributed by atoms with Crippen molar-refractivity contribution in [2.75, 3.05) is 7.11 Å². The number of nitrogens with zero attached hydrogens (tertiary/aromatic N) is 1. The first kappa shape index (κ1) is 24.6. The largest absolute Gasteiger partial charge is 0.496 e. The molecule has 0 aliphatic heterocycles. The Morgan fingerprint density at radius 2 is 1.64 bits per heavy atom. The molecule has 4 fully saturated rings. The third-order valence-electron chi connectivity index (χ3n) is 7.85. The summed E-state index contributed by atoms with van der Waals surface area (Å²) in [6, 6.07) is 4.97. The monoisotopic (exact) mass is 504 g/mol. The number of ether oxygens (including phenoxy) is 2. The normalized spacial score (nSPS) is 26.4. The maximum atomic E-state index is 13.9. The second kappa shape index (κ2) is 9.75. The molecule has 0 heterocycles. The predicted molar refractivity (Wildman–Crippen MR) is 125 cm³/mol. The van der Waals surface area contributed by atoms with Crippen LogP contribution in [0.15, 0.2) is 29.4 Å². The van der Waals surface area contributed by atoms with Crippen molar-refractivity contribution in [1.82, 2.24) is 5.43 Å². The van der Waals surface area contributed by atoms with Crippen LogP contribution < -0.4 is 14.9 Å². The van der Waals surface area contributed by atoms with E-state index in [1.165, 1.54) is 32.6 Å². The number of halogens is 4. The molecule has 4 saturated carbocycles. The van der Waals surface area contributed by atoms with Crippen molar-refractivity contribution in [3.63, 3.8) is 0 Å². The van der Waals surface area contributed by atoms with E-state index in [1.807, 2.05) is 0 Å². The van der Waals surface area contributed by atoms with Crippen molar-refractivity contribution in [2.45, 2.75) is 51.6 Å². The number of amides is 1. The second-order valence-electron chi connectivity index (χ2n) is 10.5. The van der Waals surface area contributed by atoms with Gasteiger partial charge in [-0.3, -0.25) is 4.79 Å². The highest BCUT2D eigenvalue weighted by molar-refractivity contribution is 5.83. The van der Waals surface area contributed by atoms with Gasteiger partial charge in [0.2, 0.25) is 17.5 Å². The molecule has 1 N–H and O–H groups in total. The van der Waals surface area contributed by atoms with Gasteiger partial charge in [0.25, 0.3) is 0 Å².